The number of rotatable bonds is 3. The van der Waals surface area contributed by atoms with Gasteiger partial charge in [0.1, 0.15) is 5.69 Å². The van der Waals surface area contributed by atoms with E-state index in [1.807, 2.05) is 6.92 Å². The van der Waals surface area contributed by atoms with E-state index in [0.29, 0.717) is 17.3 Å². The highest BCUT2D eigenvalue weighted by Crippen LogP contribution is 2.16. The maximum atomic E-state index is 12.3. The number of hydrogen-bond acceptors (Lipinski definition) is 3. The lowest BCUT2D eigenvalue weighted by molar-refractivity contribution is 0.0771. The van der Waals surface area contributed by atoms with Crippen LogP contribution in [0.4, 0.5) is 0 Å². The van der Waals surface area contributed by atoms with Crippen LogP contribution in [0.15, 0.2) is 12.3 Å². The molecule has 0 N–H and O–H groups in total. The van der Waals surface area contributed by atoms with Crippen LogP contribution in [0, 0.1) is 6.92 Å². The Morgan fingerprint density at radius 1 is 1.42 bits per heavy atom. The van der Waals surface area contributed by atoms with Gasteiger partial charge in [0.05, 0.1) is 29.2 Å². The number of aromatic nitrogens is 4. The first-order valence-electron chi connectivity index (χ1n) is 5.82. The molecule has 7 heteroatoms. The van der Waals surface area contributed by atoms with Gasteiger partial charge >= 0.3 is 0 Å². The van der Waals surface area contributed by atoms with E-state index in [0.717, 1.165) is 11.4 Å². The smallest absolute Gasteiger partial charge is 0.272 e. The zero-order valence-electron chi connectivity index (χ0n) is 11.4. The van der Waals surface area contributed by atoms with Gasteiger partial charge in [-0.2, -0.15) is 10.2 Å². The summed E-state index contributed by atoms with van der Waals surface area (Å²) in [5.74, 6) is -0.0969. The highest BCUT2D eigenvalue weighted by Gasteiger charge is 2.18. The molecule has 0 saturated carbocycles. The van der Waals surface area contributed by atoms with Gasteiger partial charge in [0, 0.05) is 21.1 Å². The molecule has 0 aromatic carbocycles. The van der Waals surface area contributed by atoms with Gasteiger partial charge in [-0.05, 0) is 13.0 Å². The molecule has 0 bridgehead atoms. The highest BCUT2D eigenvalue weighted by molar-refractivity contribution is 6.31. The van der Waals surface area contributed by atoms with Gasteiger partial charge in [0.2, 0.25) is 0 Å². The summed E-state index contributed by atoms with van der Waals surface area (Å²) in [5, 5.41) is 8.78. The summed E-state index contributed by atoms with van der Waals surface area (Å²) in [6, 6.07) is 1.77. The van der Waals surface area contributed by atoms with Crippen LogP contribution in [0.2, 0.25) is 5.02 Å². The molecule has 0 unspecified atom stereocenters. The fraction of sp³-hybridized carbons (Fsp3) is 0.417. The molecule has 2 aromatic rings. The van der Waals surface area contributed by atoms with Crippen molar-refractivity contribution in [2.45, 2.75) is 13.5 Å². The second kappa shape index (κ2) is 5.05. The number of nitrogens with zero attached hydrogens (tertiary/aromatic N) is 5. The summed E-state index contributed by atoms with van der Waals surface area (Å²) in [5.41, 5.74) is 2.17. The van der Waals surface area contributed by atoms with Gasteiger partial charge in [-0.15, -0.1) is 0 Å². The summed E-state index contributed by atoms with van der Waals surface area (Å²) in [7, 11) is 5.28. The fourth-order valence-corrected chi connectivity index (χ4v) is 2.14. The SMILES string of the molecule is Cc1cc(C(=O)N(C)Cc2c(Cl)cnn2C)n(C)n1. The van der Waals surface area contributed by atoms with Crippen molar-refractivity contribution >= 4 is 17.5 Å². The summed E-state index contributed by atoms with van der Waals surface area (Å²) in [6.07, 6.45) is 1.57. The molecule has 0 aliphatic rings. The molecule has 0 aliphatic heterocycles. The van der Waals surface area contributed by atoms with Gasteiger partial charge in [-0.3, -0.25) is 14.2 Å². The van der Waals surface area contributed by atoms with E-state index in [2.05, 4.69) is 10.2 Å². The second-order valence-electron chi connectivity index (χ2n) is 4.52. The highest BCUT2D eigenvalue weighted by atomic mass is 35.5. The Hall–Kier alpha value is -1.82. The van der Waals surface area contributed by atoms with Crippen LogP contribution in [0.1, 0.15) is 21.9 Å². The molecule has 0 spiro atoms. The van der Waals surface area contributed by atoms with Crippen molar-refractivity contribution in [1.29, 1.82) is 0 Å². The van der Waals surface area contributed by atoms with Crippen LogP contribution >= 0.6 is 11.6 Å². The van der Waals surface area contributed by atoms with E-state index >= 15 is 0 Å². The lowest BCUT2D eigenvalue weighted by Crippen LogP contribution is -2.29. The summed E-state index contributed by atoms with van der Waals surface area (Å²) in [6.45, 7) is 2.26. The third-order valence-corrected chi connectivity index (χ3v) is 3.28. The van der Waals surface area contributed by atoms with Crippen LogP contribution in [-0.4, -0.2) is 37.4 Å². The Kier molecular flexibility index (Phi) is 3.61. The molecule has 0 radical (unpaired) electrons. The molecule has 0 saturated heterocycles. The largest absolute Gasteiger partial charge is 0.334 e. The zero-order chi connectivity index (χ0) is 14.2. The fourth-order valence-electron chi connectivity index (χ4n) is 1.92. The molecule has 1 amide bonds. The third-order valence-electron chi connectivity index (χ3n) is 2.97. The van der Waals surface area contributed by atoms with Crippen LogP contribution in [0.3, 0.4) is 0 Å². The molecular weight excluding hydrogens is 266 g/mol. The number of carbonyl (C=O) groups is 1. The minimum Gasteiger partial charge on any atom is -0.334 e. The Morgan fingerprint density at radius 3 is 2.58 bits per heavy atom. The van der Waals surface area contributed by atoms with Crippen molar-refractivity contribution in [2.75, 3.05) is 7.05 Å². The van der Waals surface area contributed by atoms with E-state index in [-0.39, 0.29) is 5.91 Å². The van der Waals surface area contributed by atoms with Crippen molar-refractivity contribution in [3.05, 3.63) is 34.4 Å². The van der Waals surface area contributed by atoms with Gasteiger partial charge in [-0.25, -0.2) is 0 Å². The van der Waals surface area contributed by atoms with Crippen molar-refractivity contribution in [1.82, 2.24) is 24.5 Å². The summed E-state index contributed by atoms with van der Waals surface area (Å²) in [4.78, 5) is 13.9. The quantitative estimate of drug-likeness (QED) is 0.854. The van der Waals surface area contributed by atoms with Gasteiger partial charge in [0.15, 0.2) is 0 Å². The van der Waals surface area contributed by atoms with Crippen molar-refractivity contribution in [3.63, 3.8) is 0 Å². The van der Waals surface area contributed by atoms with Crippen molar-refractivity contribution < 1.29 is 4.79 Å². The zero-order valence-corrected chi connectivity index (χ0v) is 12.1. The average Bonchev–Trinajstić information content (AvgIpc) is 2.84. The molecule has 102 valence electrons. The van der Waals surface area contributed by atoms with Crippen molar-refractivity contribution in [3.8, 4) is 0 Å². The van der Waals surface area contributed by atoms with Gasteiger partial charge in [-0.1, -0.05) is 11.6 Å². The van der Waals surface area contributed by atoms with E-state index < -0.39 is 0 Å². The number of hydrogen-bond donors (Lipinski definition) is 0. The molecular formula is C12H16ClN5O. The van der Waals surface area contributed by atoms with Gasteiger partial charge < -0.3 is 4.90 Å². The molecule has 0 atom stereocenters. The van der Waals surface area contributed by atoms with E-state index in [1.165, 1.54) is 0 Å². The Labute approximate surface area is 116 Å². The maximum Gasteiger partial charge on any atom is 0.272 e. The topological polar surface area (TPSA) is 56.0 Å². The lowest BCUT2D eigenvalue weighted by atomic mass is 10.3. The van der Waals surface area contributed by atoms with Gasteiger partial charge in [0.25, 0.3) is 5.91 Å². The normalized spacial score (nSPS) is 10.8. The summed E-state index contributed by atoms with van der Waals surface area (Å²) < 4.78 is 3.25. The summed E-state index contributed by atoms with van der Waals surface area (Å²) >= 11 is 6.04. The monoisotopic (exact) mass is 281 g/mol. The Morgan fingerprint density at radius 2 is 2.11 bits per heavy atom. The first-order valence-corrected chi connectivity index (χ1v) is 6.20. The van der Waals surface area contributed by atoms with E-state index in [1.54, 1.807) is 47.7 Å². The first-order chi connectivity index (χ1) is 8.90. The molecule has 2 rings (SSSR count). The molecule has 2 aromatic heterocycles. The number of aryl methyl sites for hydroxylation is 3. The Balaban J connectivity index is 2.19. The van der Waals surface area contributed by atoms with E-state index in [4.69, 9.17) is 11.6 Å². The number of carbonyl (C=O) groups excluding carboxylic acids is 1. The maximum absolute atomic E-state index is 12.3. The van der Waals surface area contributed by atoms with Crippen LogP contribution in [0.25, 0.3) is 0 Å². The third kappa shape index (κ3) is 2.63. The van der Waals surface area contributed by atoms with Crippen LogP contribution in [0.5, 0.6) is 0 Å². The molecule has 0 fully saturated rings. The van der Waals surface area contributed by atoms with Crippen molar-refractivity contribution in [2.24, 2.45) is 14.1 Å². The predicted octanol–water partition coefficient (Wildman–Crippen LogP) is 1.39. The van der Waals surface area contributed by atoms with Crippen LogP contribution < -0.4 is 0 Å². The van der Waals surface area contributed by atoms with Crippen LogP contribution in [-0.2, 0) is 20.6 Å². The van der Waals surface area contributed by atoms with E-state index in [9.17, 15) is 4.79 Å². The standard InChI is InChI=1S/C12H16ClN5O/c1-8-5-10(18(4)15-8)12(19)16(2)7-11-9(13)6-14-17(11)3/h5-6H,7H2,1-4H3. The number of amides is 1. The molecule has 0 aliphatic carbocycles. The number of halogens is 1. The molecule has 19 heavy (non-hydrogen) atoms. The predicted molar refractivity (Wildman–Crippen MR) is 72.0 cm³/mol. The minimum absolute atomic E-state index is 0.0969. The molecule has 6 nitrogen and oxygen atoms in total. The minimum atomic E-state index is -0.0969. The second-order valence-corrected chi connectivity index (χ2v) is 4.93. The molecule has 2 heterocycles. The Bertz CT molecular complexity index is 596. The average molecular weight is 282 g/mol. The first kappa shape index (κ1) is 13.6. The lowest BCUT2D eigenvalue weighted by Gasteiger charge is -2.17.